The maximum absolute atomic E-state index is 13.5. The van der Waals surface area contributed by atoms with Gasteiger partial charge in [-0.05, 0) is 44.1 Å². The number of halogens is 2. The number of nitrogens with zero attached hydrogens (tertiary/aromatic N) is 1. The van der Waals surface area contributed by atoms with Crippen molar-refractivity contribution in [2.24, 2.45) is 0 Å². The SMILES string of the molecule is O=C(CN1CCCCC1)Nc1ccc(Br)cc1F. The van der Waals surface area contributed by atoms with Gasteiger partial charge in [0.15, 0.2) is 0 Å². The highest BCUT2D eigenvalue weighted by atomic mass is 79.9. The molecule has 3 nitrogen and oxygen atoms in total. The van der Waals surface area contributed by atoms with Crippen molar-refractivity contribution in [2.75, 3.05) is 25.0 Å². The molecule has 1 amide bonds. The molecule has 0 saturated carbocycles. The van der Waals surface area contributed by atoms with Crippen molar-refractivity contribution >= 4 is 27.5 Å². The van der Waals surface area contributed by atoms with Gasteiger partial charge >= 0.3 is 0 Å². The number of hydrogen-bond donors (Lipinski definition) is 1. The summed E-state index contributed by atoms with van der Waals surface area (Å²) in [6.45, 7) is 2.25. The summed E-state index contributed by atoms with van der Waals surface area (Å²) in [6, 6.07) is 4.61. The van der Waals surface area contributed by atoms with E-state index < -0.39 is 5.82 Å². The van der Waals surface area contributed by atoms with E-state index in [9.17, 15) is 9.18 Å². The fraction of sp³-hybridized carbons (Fsp3) is 0.462. The van der Waals surface area contributed by atoms with Gasteiger partial charge in [-0.1, -0.05) is 22.4 Å². The highest BCUT2D eigenvalue weighted by Crippen LogP contribution is 2.19. The van der Waals surface area contributed by atoms with Crippen LogP contribution in [0.25, 0.3) is 0 Å². The molecule has 1 saturated heterocycles. The standard InChI is InChI=1S/C13H16BrFN2O/c14-10-4-5-12(11(15)8-10)16-13(18)9-17-6-2-1-3-7-17/h4-5,8H,1-3,6-7,9H2,(H,16,18). The van der Waals surface area contributed by atoms with Crippen LogP contribution >= 0.6 is 15.9 Å². The van der Waals surface area contributed by atoms with Gasteiger partial charge in [-0.3, -0.25) is 9.69 Å². The second kappa shape index (κ2) is 6.29. The zero-order valence-corrected chi connectivity index (χ0v) is 11.7. The van der Waals surface area contributed by atoms with Crippen LogP contribution in [0, 0.1) is 5.82 Å². The van der Waals surface area contributed by atoms with Crippen molar-refractivity contribution in [1.29, 1.82) is 0 Å². The molecule has 5 heteroatoms. The Morgan fingerprint density at radius 3 is 2.72 bits per heavy atom. The Kier molecular flexibility index (Phi) is 4.72. The van der Waals surface area contributed by atoms with E-state index >= 15 is 0 Å². The fourth-order valence-electron chi connectivity index (χ4n) is 2.10. The van der Waals surface area contributed by atoms with Gasteiger partial charge in [-0.25, -0.2) is 4.39 Å². The predicted octanol–water partition coefficient (Wildman–Crippen LogP) is 3.01. The third kappa shape index (κ3) is 3.78. The number of amides is 1. The topological polar surface area (TPSA) is 32.3 Å². The Hall–Kier alpha value is -0.940. The summed E-state index contributed by atoms with van der Waals surface area (Å²) in [7, 11) is 0. The summed E-state index contributed by atoms with van der Waals surface area (Å²) >= 11 is 3.18. The molecular formula is C13H16BrFN2O. The third-order valence-corrected chi connectivity index (χ3v) is 3.51. The molecule has 0 aliphatic carbocycles. The summed E-state index contributed by atoms with van der Waals surface area (Å²) in [5.74, 6) is -0.575. The van der Waals surface area contributed by atoms with E-state index in [0.717, 1.165) is 25.9 Å². The van der Waals surface area contributed by atoms with E-state index in [4.69, 9.17) is 0 Å². The molecule has 1 heterocycles. The minimum absolute atomic E-state index is 0.155. The van der Waals surface area contributed by atoms with Crippen LogP contribution in [-0.2, 0) is 4.79 Å². The Morgan fingerprint density at radius 2 is 2.06 bits per heavy atom. The number of anilines is 1. The number of carbonyl (C=O) groups excluding carboxylic acids is 1. The van der Waals surface area contributed by atoms with Crippen molar-refractivity contribution < 1.29 is 9.18 Å². The minimum atomic E-state index is -0.420. The average molecular weight is 315 g/mol. The molecule has 1 aliphatic rings. The smallest absolute Gasteiger partial charge is 0.238 e. The monoisotopic (exact) mass is 314 g/mol. The van der Waals surface area contributed by atoms with E-state index in [1.54, 1.807) is 12.1 Å². The van der Waals surface area contributed by atoms with Crippen LogP contribution in [-0.4, -0.2) is 30.4 Å². The summed E-state index contributed by atoms with van der Waals surface area (Å²) < 4.78 is 14.2. The number of benzene rings is 1. The van der Waals surface area contributed by atoms with Crippen molar-refractivity contribution in [3.8, 4) is 0 Å². The number of carbonyl (C=O) groups is 1. The molecule has 1 aromatic rings. The second-order valence-electron chi connectivity index (χ2n) is 4.51. The first kappa shape index (κ1) is 13.5. The van der Waals surface area contributed by atoms with Crippen LogP contribution in [0.3, 0.4) is 0 Å². The molecule has 0 atom stereocenters. The van der Waals surface area contributed by atoms with E-state index in [0.29, 0.717) is 11.0 Å². The Morgan fingerprint density at radius 1 is 1.33 bits per heavy atom. The van der Waals surface area contributed by atoms with Crippen LogP contribution in [0.2, 0.25) is 0 Å². The highest BCUT2D eigenvalue weighted by Gasteiger charge is 2.14. The predicted molar refractivity (Wildman–Crippen MR) is 73.0 cm³/mol. The molecule has 18 heavy (non-hydrogen) atoms. The van der Waals surface area contributed by atoms with Crippen molar-refractivity contribution in [3.63, 3.8) is 0 Å². The van der Waals surface area contributed by atoms with Gasteiger partial charge in [0.1, 0.15) is 5.82 Å². The van der Waals surface area contributed by atoms with Gasteiger partial charge in [0.2, 0.25) is 5.91 Å². The number of likely N-dealkylation sites (tertiary alicyclic amines) is 1. The normalized spacial score (nSPS) is 16.6. The average Bonchev–Trinajstić information content (AvgIpc) is 2.34. The minimum Gasteiger partial charge on any atom is -0.322 e. The van der Waals surface area contributed by atoms with E-state index in [1.807, 2.05) is 0 Å². The van der Waals surface area contributed by atoms with Crippen molar-refractivity contribution in [2.45, 2.75) is 19.3 Å². The molecular weight excluding hydrogens is 299 g/mol. The van der Waals surface area contributed by atoms with Gasteiger partial charge in [0.25, 0.3) is 0 Å². The molecule has 2 rings (SSSR count). The first-order valence-corrected chi connectivity index (χ1v) is 6.92. The van der Waals surface area contributed by atoms with Crippen LogP contribution in [0.15, 0.2) is 22.7 Å². The maximum Gasteiger partial charge on any atom is 0.238 e. The molecule has 1 fully saturated rings. The summed E-state index contributed by atoms with van der Waals surface area (Å²) in [6.07, 6.45) is 3.51. The Balaban J connectivity index is 1.90. The number of nitrogens with one attached hydrogen (secondary N) is 1. The molecule has 0 spiro atoms. The maximum atomic E-state index is 13.5. The molecule has 0 unspecified atom stereocenters. The first-order chi connectivity index (χ1) is 8.65. The van der Waals surface area contributed by atoms with Crippen LogP contribution < -0.4 is 5.32 Å². The lowest BCUT2D eigenvalue weighted by atomic mass is 10.1. The molecule has 0 aromatic heterocycles. The van der Waals surface area contributed by atoms with Crippen LogP contribution in [0.1, 0.15) is 19.3 Å². The molecule has 1 N–H and O–H groups in total. The molecule has 1 aromatic carbocycles. The lowest BCUT2D eigenvalue weighted by molar-refractivity contribution is -0.117. The van der Waals surface area contributed by atoms with Gasteiger partial charge in [0.05, 0.1) is 12.2 Å². The largest absolute Gasteiger partial charge is 0.322 e. The lowest BCUT2D eigenvalue weighted by Crippen LogP contribution is -2.36. The summed E-state index contributed by atoms with van der Waals surface area (Å²) in [5.41, 5.74) is 0.236. The van der Waals surface area contributed by atoms with Crippen molar-refractivity contribution in [1.82, 2.24) is 4.90 Å². The number of piperidine rings is 1. The molecule has 0 radical (unpaired) electrons. The summed E-state index contributed by atoms with van der Waals surface area (Å²) in [5, 5.41) is 2.61. The quantitative estimate of drug-likeness (QED) is 0.930. The van der Waals surface area contributed by atoms with Crippen molar-refractivity contribution in [3.05, 3.63) is 28.5 Å². The fourth-order valence-corrected chi connectivity index (χ4v) is 2.43. The first-order valence-electron chi connectivity index (χ1n) is 6.12. The Bertz CT molecular complexity index is 433. The van der Waals surface area contributed by atoms with Gasteiger partial charge in [-0.2, -0.15) is 0 Å². The van der Waals surface area contributed by atoms with Gasteiger partial charge < -0.3 is 5.32 Å². The number of rotatable bonds is 3. The highest BCUT2D eigenvalue weighted by molar-refractivity contribution is 9.10. The van der Waals surface area contributed by atoms with E-state index in [-0.39, 0.29) is 11.6 Å². The van der Waals surface area contributed by atoms with E-state index in [2.05, 4.69) is 26.1 Å². The zero-order valence-electron chi connectivity index (χ0n) is 10.1. The van der Waals surface area contributed by atoms with E-state index in [1.165, 1.54) is 12.5 Å². The van der Waals surface area contributed by atoms with Gasteiger partial charge in [-0.15, -0.1) is 0 Å². The number of hydrogen-bond acceptors (Lipinski definition) is 2. The van der Waals surface area contributed by atoms with Crippen LogP contribution in [0.4, 0.5) is 10.1 Å². The second-order valence-corrected chi connectivity index (χ2v) is 5.42. The third-order valence-electron chi connectivity index (χ3n) is 3.02. The van der Waals surface area contributed by atoms with Gasteiger partial charge in [0, 0.05) is 4.47 Å². The Labute approximate surface area is 114 Å². The lowest BCUT2D eigenvalue weighted by Gasteiger charge is -2.25. The molecule has 1 aliphatic heterocycles. The van der Waals surface area contributed by atoms with Crippen LogP contribution in [0.5, 0.6) is 0 Å². The molecule has 0 bridgehead atoms. The molecule has 98 valence electrons. The zero-order chi connectivity index (χ0) is 13.0. The summed E-state index contributed by atoms with van der Waals surface area (Å²) in [4.78, 5) is 13.9.